The summed E-state index contributed by atoms with van der Waals surface area (Å²) in [6, 6.07) is 6.48. The van der Waals surface area contributed by atoms with Crippen molar-refractivity contribution in [2.24, 2.45) is 11.7 Å². The van der Waals surface area contributed by atoms with Gasteiger partial charge in [0.15, 0.2) is 0 Å². The number of nitrogens with zero attached hydrogens (tertiary/aromatic N) is 1. The van der Waals surface area contributed by atoms with Gasteiger partial charge in [-0.15, -0.1) is 0 Å². The molecule has 1 aliphatic rings. The summed E-state index contributed by atoms with van der Waals surface area (Å²) in [5.74, 6) is -0.155. The number of H-pyrrole nitrogens is 1. The third-order valence-corrected chi connectivity index (χ3v) is 5.07. The Morgan fingerprint density at radius 2 is 2.26 bits per heavy atom. The van der Waals surface area contributed by atoms with E-state index in [1.54, 1.807) is 24.3 Å². The van der Waals surface area contributed by atoms with Crippen molar-refractivity contribution >= 4 is 29.0 Å². The Morgan fingerprint density at radius 1 is 1.44 bits per heavy atom. The van der Waals surface area contributed by atoms with Crippen LogP contribution in [0, 0.1) is 5.92 Å². The highest BCUT2D eigenvalue weighted by Gasteiger charge is 2.23. The minimum Gasteiger partial charge on any atom is -0.370 e. The zero-order valence-electron chi connectivity index (χ0n) is 15.2. The molecule has 0 saturated heterocycles. The molecule has 142 valence electrons. The van der Waals surface area contributed by atoms with E-state index in [0.29, 0.717) is 16.5 Å². The van der Waals surface area contributed by atoms with Crippen LogP contribution < -0.4 is 11.1 Å². The molecule has 3 rings (SSSR count). The van der Waals surface area contributed by atoms with Crippen LogP contribution in [0.5, 0.6) is 0 Å². The van der Waals surface area contributed by atoms with E-state index in [1.165, 1.54) is 6.20 Å². The van der Waals surface area contributed by atoms with Gasteiger partial charge in [-0.1, -0.05) is 36.7 Å². The average molecular weight is 387 g/mol. The van der Waals surface area contributed by atoms with E-state index in [2.05, 4.69) is 28.5 Å². The smallest absolute Gasteiger partial charge is 0.255 e. The van der Waals surface area contributed by atoms with Crippen molar-refractivity contribution in [1.82, 2.24) is 15.5 Å². The molecule has 1 aromatic carbocycles. The number of carbonyl (C=O) groups is 2. The van der Waals surface area contributed by atoms with Gasteiger partial charge in [0.25, 0.3) is 5.91 Å². The molecule has 1 unspecified atom stereocenters. The number of benzene rings is 1. The topological polar surface area (TPSA) is 101 Å². The van der Waals surface area contributed by atoms with Gasteiger partial charge in [0.05, 0.1) is 29.9 Å². The zero-order chi connectivity index (χ0) is 19.4. The molecule has 6 nitrogen and oxygen atoms in total. The molecule has 2 amide bonds. The number of halogens is 1. The number of hydrogen-bond acceptors (Lipinski definition) is 3. The Morgan fingerprint density at radius 3 is 2.93 bits per heavy atom. The molecule has 1 aliphatic carbocycles. The predicted octanol–water partition coefficient (Wildman–Crippen LogP) is 3.61. The lowest BCUT2D eigenvalue weighted by Gasteiger charge is -2.20. The fourth-order valence-electron chi connectivity index (χ4n) is 3.31. The fourth-order valence-corrected chi connectivity index (χ4v) is 3.51. The summed E-state index contributed by atoms with van der Waals surface area (Å²) in [7, 11) is 0. The molecule has 7 heteroatoms. The molecule has 2 atom stereocenters. The molecule has 1 heterocycles. The van der Waals surface area contributed by atoms with Crippen LogP contribution in [0.25, 0.3) is 5.57 Å². The highest BCUT2D eigenvalue weighted by Crippen LogP contribution is 2.31. The van der Waals surface area contributed by atoms with Gasteiger partial charge in [-0.25, -0.2) is 0 Å². The number of nitrogens with one attached hydrogen (secondary N) is 2. The molecular weight excluding hydrogens is 364 g/mol. The van der Waals surface area contributed by atoms with Gasteiger partial charge in [0.2, 0.25) is 5.91 Å². The Bertz CT molecular complexity index is 874. The number of rotatable bonds is 6. The predicted molar refractivity (Wildman–Crippen MR) is 105 cm³/mol. The number of aromatic amines is 1. The summed E-state index contributed by atoms with van der Waals surface area (Å²) in [4.78, 5) is 24.4. The summed E-state index contributed by atoms with van der Waals surface area (Å²) in [5.41, 5.74) is 8.41. The van der Waals surface area contributed by atoms with Gasteiger partial charge >= 0.3 is 0 Å². The highest BCUT2D eigenvalue weighted by atomic mass is 35.5. The first-order chi connectivity index (χ1) is 12.9. The minimum atomic E-state index is -0.559. The standard InChI is InChI=1S/C20H23ClN4O2/c1-12-5-7-13(8-6-12)19-16(11-23-25-19)20(27)24-17(10-18(22)26)14-3-2-4-15(21)9-14/h2-4,7,9,11-12,17H,5-6,8,10H2,1H3,(H2,22,26)(H,23,25)(H,24,27)/t12?,17-/m0/s1. The van der Waals surface area contributed by atoms with E-state index in [9.17, 15) is 9.59 Å². The molecule has 0 radical (unpaired) electrons. The molecule has 0 spiro atoms. The van der Waals surface area contributed by atoms with Gasteiger partial charge in [0, 0.05) is 5.02 Å². The van der Waals surface area contributed by atoms with Crippen LogP contribution in [-0.2, 0) is 4.79 Å². The molecule has 27 heavy (non-hydrogen) atoms. The number of amides is 2. The quantitative estimate of drug-likeness (QED) is 0.706. The lowest BCUT2D eigenvalue weighted by Crippen LogP contribution is -2.32. The molecule has 0 aliphatic heterocycles. The molecule has 0 saturated carbocycles. The maximum absolute atomic E-state index is 12.9. The van der Waals surface area contributed by atoms with Crippen LogP contribution in [-0.4, -0.2) is 22.0 Å². The number of hydrogen-bond donors (Lipinski definition) is 3. The van der Waals surface area contributed by atoms with Crippen LogP contribution >= 0.6 is 11.6 Å². The van der Waals surface area contributed by atoms with Crippen molar-refractivity contribution < 1.29 is 9.59 Å². The first-order valence-electron chi connectivity index (χ1n) is 9.01. The van der Waals surface area contributed by atoms with Crippen molar-refractivity contribution in [2.75, 3.05) is 0 Å². The third kappa shape index (κ3) is 4.77. The first kappa shape index (κ1) is 19.2. The molecule has 4 N–H and O–H groups in total. The molecule has 2 aromatic rings. The van der Waals surface area contributed by atoms with Crippen molar-refractivity contribution in [3.8, 4) is 0 Å². The van der Waals surface area contributed by atoms with Crippen molar-refractivity contribution in [2.45, 2.75) is 38.6 Å². The molecule has 0 bridgehead atoms. The second-order valence-electron chi connectivity index (χ2n) is 7.02. The second-order valence-corrected chi connectivity index (χ2v) is 7.46. The van der Waals surface area contributed by atoms with E-state index in [-0.39, 0.29) is 12.3 Å². The summed E-state index contributed by atoms with van der Waals surface area (Å²) in [6.45, 7) is 2.22. The van der Waals surface area contributed by atoms with Crippen LogP contribution in [0.3, 0.4) is 0 Å². The average Bonchev–Trinajstić information content (AvgIpc) is 3.11. The number of nitrogens with two attached hydrogens (primary N) is 1. The van der Waals surface area contributed by atoms with Gasteiger partial charge in [-0.3, -0.25) is 14.7 Å². The van der Waals surface area contributed by atoms with Crippen molar-refractivity contribution in [1.29, 1.82) is 0 Å². The van der Waals surface area contributed by atoms with Crippen LogP contribution in [0.1, 0.15) is 60.3 Å². The monoisotopic (exact) mass is 386 g/mol. The summed E-state index contributed by atoms with van der Waals surface area (Å²) in [5, 5.41) is 10.4. The van der Waals surface area contributed by atoms with E-state index in [4.69, 9.17) is 17.3 Å². The highest BCUT2D eigenvalue weighted by molar-refractivity contribution is 6.30. The lowest BCUT2D eigenvalue weighted by molar-refractivity contribution is -0.118. The lowest BCUT2D eigenvalue weighted by atomic mass is 9.88. The van der Waals surface area contributed by atoms with E-state index >= 15 is 0 Å². The maximum Gasteiger partial charge on any atom is 0.255 e. The third-order valence-electron chi connectivity index (χ3n) is 4.84. The van der Waals surface area contributed by atoms with Gasteiger partial charge in [-0.2, -0.15) is 5.10 Å². The minimum absolute atomic E-state index is 0.0144. The number of primary amides is 1. The zero-order valence-corrected chi connectivity index (χ0v) is 15.9. The maximum atomic E-state index is 12.9. The van der Waals surface area contributed by atoms with Gasteiger partial charge in [0.1, 0.15) is 0 Å². The normalized spacial score (nSPS) is 17.9. The SMILES string of the molecule is CC1CC=C(c2[nH]ncc2C(=O)N[C@@H](CC(N)=O)c2cccc(Cl)c2)CC1. The van der Waals surface area contributed by atoms with Crippen LogP contribution in [0.4, 0.5) is 0 Å². The Hall–Kier alpha value is -2.60. The van der Waals surface area contributed by atoms with Crippen molar-refractivity contribution in [3.63, 3.8) is 0 Å². The largest absolute Gasteiger partial charge is 0.370 e. The molecular formula is C20H23ClN4O2. The second kappa shape index (κ2) is 8.39. The summed E-state index contributed by atoms with van der Waals surface area (Å²) in [6.07, 6.45) is 6.64. The van der Waals surface area contributed by atoms with Crippen molar-refractivity contribution in [3.05, 3.63) is 58.4 Å². The molecule has 0 fully saturated rings. The van der Waals surface area contributed by atoms with Gasteiger partial charge < -0.3 is 11.1 Å². The number of carbonyl (C=O) groups excluding carboxylic acids is 2. The Labute approximate surface area is 163 Å². The number of allylic oxidation sites excluding steroid dienone is 2. The first-order valence-corrected chi connectivity index (χ1v) is 9.39. The van der Waals surface area contributed by atoms with E-state index < -0.39 is 11.9 Å². The van der Waals surface area contributed by atoms with Crippen LogP contribution in [0.2, 0.25) is 5.02 Å². The Balaban J connectivity index is 1.83. The van der Waals surface area contributed by atoms with Gasteiger partial charge in [-0.05, 0) is 48.4 Å². The number of aromatic nitrogens is 2. The van der Waals surface area contributed by atoms with E-state index in [1.807, 2.05) is 0 Å². The fraction of sp³-hybridized carbons (Fsp3) is 0.350. The van der Waals surface area contributed by atoms with E-state index in [0.717, 1.165) is 36.1 Å². The van der Waals surface area contributed by atoms with Crippen LogP contribution in [0.15, 0.2) is 36.5 Å². The molecule has 1 aromatic heterocycles. The Kier molecular flexibility index (Phi) is 5.96. The summed E-state index contributed by atoms with van der Waals surface area (Å²) < 4.78 is 0. The summed E-state index contributed by atoms with van der Waals surface area (Å²) >= 11 is 6.05.